The number of para-hydroxylation sites is 1. The number of amides is 2. The van der Waals surface area contributed by atoms with Crippen molar-refractivity contribution in [1.82, 2.24) is 4.90 Å². The lowest BCUT2D eigenvalue weighted by Crippen LogP contribution is -2.43. The van der Waals surface area contributed by atoms with Gasteiger partial charge in [-0.2, -0.15) is 0 Å². The number of nitrogens with zero attached hydrogens (tertiary/aromatic N) is 1. The van der Waals surface area contributed by atoms with Crippen LogP contribution in [0, 0.1) is 0 Å². The number of nitrogens with one attached hydrogen (secondary N) is 1. The van der Waals surface area contributed by atoms with Crippen LogP contribution < -0.4 is 5.32 Å². The quantitative estimate of drug-likeness (QED) is 0.789. The Bertz CT molecular complexity index is 376. The molecule has 1 aromatic rings. The number of anilines is 1. The molecule has 1 aliphatic heterocycles. The lowest BCUT2D eigenvalue weighted by molar-refractivity contribution is 0.184. The smallest absolute Gasteiger partial charge is 0.317 e. The highest BCUT2D eigenvalue weighted by Crippen LogP contribution is 2.24. The monoisotopic (exact) mass is 204 g/mol. The van der Waals surface area contributed by atoms with E-state index in [0.29, 0.717) is 6.04 Å². The van der Waals surface area contributed by atoms with E-state index in [2.05, 4.69) is 25.2 Å². The van der Waals surface area contributed by atoms with E-state index in [1.165, 1.54) is 5.56 Å². The molecule has 0 spiro atoms. The molecule has 3 nitrogen and oxygen atoms in total. The molecule has 1 aromatic carbocycles. The molecule has 0 radical (unpaired) electrons. The predicted octanol–water partition coefficient (Wildman–Crippen LogP) is 2.83. The molecule has 0 saturated carbocycles. The van der Waals surface area contributed by atoms with Crippen molar-refractivity contribution in [3.05, 3.63) is 29.8 Å². The van der Waals surface area contributed by atoms with E-state index in [1.807, 2.05) is 23.1 Å². The van der Waals surface area contributed by atoms with Gasteiger partial charge in [0.05, 0.1) is 0 Å². The predicted molar refractivity (Wildman–Crippen MR) is 60.8 cm³/mol. The van der Waals surface area contributed by atoms with Gasteiger partial charge in [0, 0.05) is 18.3 Å². The van der Waals surface area contributed by atoms with Crippen LogP contribution in [0.2, 0.25) is 0 Å². The van der Waals surface area contributed by atoms with Crippen molar-refractivity contribution in [3.8, 4) is 0 Å². The Balaban J connectivity index is 2.26. The number of carbonyl (C=O) groups excluding carboxylic acids is 1. The van der Waals surface area contributed by atoms with Crippen LogP contribution in [0.3, 0.4) is 0 Å². The molecule has 1 heterocycles. The lowest BCUT2D eigenvalue weighted by atomic mass is 10.1. The van der Waals surface area contributed by atoms with Crippen molar-refractivity contribution in [1.29, 1.82) is 0 Å². The highest BCUT2D eigenvalue weighted by molar-refractivity contribution is 5.92. The number of rotatable bonds is 2. The first-order valence-corrected chi connectivity index (χ1v) is 5.38. The van der Waals surface area contributed by atoms with Crippen LogP contribution in [-0.2, 0) is 6.54 Å². The third-order valence-corrected chi connectivity index (χ3v) is 2.98. The SMILES string of the molecule is CCC(C)N1Cc2ccccc2NC1=O. The van der Waals surface area contributed by atoms with E-state index in [0.717, 1.165) is 18.7 Å². The van der Waals surface area contributed by atoms with Crippen molar-refractivity contribution in [2.45, 2.75) is 32.9 Å². The van der Waals surface area contributed by atoms with Crippen molar-refractivity contribution < 1.29 is 4.79 Å². The zero-order valence-electron chi connectivity index (χ0n) is 9.16. The maximum atomic E-state index is 11.8. The summed E-state index contributed by atoms with van der Waals surface area (Å²) in [5.41, 5.74) is 2.14. The molecular formula is C12H16N2O. The highest BCUT2D eigenvalue weighted by Gasteiger charge is 2.24. The Hall–Kier alpha value is -1.51. The maximum Gasteiger partial charge on any atom is 0.322 e. The Morgan fingerprint density at radius 3 is 2.93 bits per heavy atom. The molecule has 0 saturated heterocycles. The number of hydrogen-bond donors (Lipinski definition) is 1. The minimum atomic E-state index is 0.0167. The number of urea groups is 1. The number of carbonyl (C=O) groups is 1. The van der Waals surface area contributed by atoms with Crippen LogP contribution >= 0.6 is 0 Å². The van der Waals surface area contributed by atoms with Crippen LogP contribution in [0.25, 0.3) is 0 Å². The molecule has 1 N–H and O–H groups in total. The van der Waals surface area contributed by atoms with Gasteiger partial charge in [-0.25, -0.2) is 4.79 Å². The van der Waals surface area contributed by atoms with Gasteiger partial charge in [0.15, 0.2) is 0 Å². The van der Waals surface area contributed by atoms with E-state index in [4.69, 9.17) is 0 Å². The largest absolute Gasteiger partial charge is 0.322 e. The molecule has 80 valence electrons. The molecule has 1 aliphatic rings. The first-order valence-electron chi connectivity index (χ1n) is 5.38. The van der Waals surface area contributed by atoms with Gasteiger partial charge in [-0.15, -0.1) is 0 Å². The summed E-state index contributed by atoms with van der Waals surface area (Å²) >= 11 is 0. The van der Waals surface area contributed by atoms with Crippen LogP contribution in [0.4, 0.5) is 10.5 Å². The van der Waals surface area contributed by atoms with Crippen molar-refractivity contribution >= 4 is 11.7 Å². The van der Waals surface area contributed by atoms with Gasteiger partial charge >= 0.3 is 6.03 Å². The average Bonchev–Trinajstić information content (AvgIpc) is 2.27. The van der Waals surface area contributed by atoms with Gasteiger partial charge in [0.25, 0.3) is 0 Å². The molecule has 0 bridgehead atoms. The maximum absolute atomic E-state index is 11.8. The van der Waals surface area contributed by atoms with Gasteiger partial charge < -0.3 is 10.2 Å². The first kappa shape index (κ1) is 10.0. The standard InChI is InChI=1S/C12H16N2O/c1-3-9(2)14-8-10-6-4-5-7-11(10)13-12(14)15/h4-7,9H,3,8H2,1-2H3,(H,13,15). The van der Waals surface area contributed by atoms with E-state index in [-0.39, 0.29) is 6.03 Å². The second kappa shape index (κ2) is 3.93. The molecule has 15 heavy (non-hydrogen) atoms. The topological polar surface area (TPSA) is 32.3 Å². The number of hydrogen-bond acceptors (Lipinski definition) is 1. The fourth-order valence-electron chi connectivity index (χ4n) is 1.80. The minimum Gasteiger partial charge on any atom is -0.317 e. The Kier molecular flexibility index (Phi) is 2.62. The summed E-state index contributed by atoms with van der Waals surface area (Å²) in [6, 6.07) is 8.26. The van der Waals surface area contributed by atoms with Gasteiger partial charge in [0.2, 0.25) is 0 Å². The second-order valence-corrected chi connectivity index (χ2v) is 3.97. The summed E-state index contributed by atoms with van der Waals surface area (Å²) in [5, 5.41) is 2.91. The molecule has 1 unspecified atom stereocenters. The second-order valence-electron chi connectivity index (χ2n) is 3.97. The normalized spacial score (nSPS) is 16.9. The van der Waals surface area contributed by atoms with Crippen molar-refractivity contribution in [2.24, 2.45) is 0 Å². The summed E-state index contributed by atoms with van der Waals surface area (Å²) in [6.07, 6.45) is 0.982. The molecule has 0 aliphatic carbocycles. The fourth-order valence-corrected chi connectivity index (χ4v) is 1.80. The zero-order valence-corrected chi connectivity index (χ0v) is 9.16. The van der Waals surface area contributed by atoms with Crippen molar-refractivity contribution in [2.75, 3.05) is 5.32 Å². The average molecular weight is 204 g/mol. The molecule has 3 heteroatoms. The Labute approximate surface area is 90.1 Å². The van der Waals surface area contributed by atoms with Crippen LogP contribution in [-0.4, -0.2) is 17.0 Å². The van der Waals surface area contributed by atoms with Gasteiger partial charge in [-0.3, -0.25) is 0 Å². The van der Waals surface area contributed by atoms with Gasteiger partial charge in [-0.05, 0) is 25.0 Å². The first-order chi connectivity index (χ1) is 7.22. The molecule has 1 atom stereocenters. The molecule has 0 aromatic heterocycles. The van der Waals surface area contributed by atoms with E-state index in [9.17, 15) is 4.79 Å². The third-order valence-electron chi connectivity index (χ3n) is 2.98. The summed E-state index contributed by atoms with van der Waals surface area (Å²) in [5.74, 6) is 0. The van der Waals surface area contributed by atoms with Crippen LogP contribution in [0.15, 0.2) is 24.3 Å². The Morgan fingerprint density at radius 2 is 2.20 bits per heavy atom. The van der Waals surface area contributed by atoms with Crippen LogP contribution in [0.1, 0.15) is 25.8 Å². The molecular weight excluding hydrogens is 188 g/mol. The molecule has 0 fully saturated rings. The zero-order chi connectivity index (χ0) is 10.8. The summed E-state index contributed by atoms with van der Waals surface area (Å²) in [4.78, 5) is 13.6. The van der Waals surface area contributed by atoms with E-state index < -0.39 is 0 Å². The fraction of sp³-hybridized carbons (Fsp3) is 0.417. The van der Waals surface area contributed by atoms with Gasteiger partial charge in [0.1, 0.15) is 0 Å². The third kappa shape index (κ3) is 1.82. The van der Waals surface area contributed by atoms with Crippen molar-refractivity contribution in [3.63, 3.8) is 0 Å². The highest BCUT2D eigenvalue weighted by atomic mass is 16.2. The lowest BCUT2D eigenvalue weighted by Gasteiger charge is -2.33. The number of fused-ring (bicyclic) bond motifs is 1. The van der Waals surface area contributed by atoms with E-state index in [1.54, 1.807) is 0 Å². The van der Waals surface area contributed by atoms with E-state index >= 15 is 0 Å². The minimum absolute atomic E-state index is 0.0167. The molecule has 2 amide bonds. The van der Waals surface area contributed by atoms with Crippen LogP contribution in [0.5, 0.6) is 0 Å². The summed E-state index contributed by atoms with van der Waals surface area (Å²) in [6.45, 7) is 4.89. The summed E-state index contributed by atoms with van der Waals surface area (Å²) in [7, 11) is 0. The van der Waals surface area contributed by atoms with Gasteiger partial charge in [-0.1, -0.05) is 25.1 Å². The summed E-state index contributed by atoms with van der Waals surface area (Å²) < 4.78 is 0. The molecule has 2 rings (SSSR count). The Morgan fingerprint density at radius 1 is 1.47 bits per heavy atom. The number of benzene rings is 1.